The normalized spacial score (nSPS) is 11.9. The molecule has 0 atom stereocenters. The highest BCUT2D eigenvalue weighted by Gasteiger charge is 2.20. The molecule has 0 bridgehead atoms. The third kappa shape index (κ3) is 2.57. The zero-order valence-corrected chi connectivity index (χ0v) is 13.0. The second kappa shape index (κ2) is 5.46. The number of nitrogens with zero attached hydrogens (tertiary/aromatic N) is 2. The van der Waals surface area contributed by atoms with E-state index in [1.54, 1.807) is 12.1 Å². The number of anilines is 1. The number of aryl methyl sites for hydroxylation is 1. The first-order valence-electron chi connectivity index (χ1n) is 7.03. The minimum atomic E-state index is -3.45. The average Bonchev–Trinajstić information content (AvgIpc) is 2.83. The maximum atomic E-state index is 12.6. The van der Waals surface area contributed by atoms with Gasteiger partial charge in [0.1, 0.15) is 11.6 Å². The van der Waals surface area contributed by atoms with Crippen molar-refractivity contribution in [1.82, 2.24) is 9.55 Å². The van der Waals surface area contributed by atoms with E-state index >= 15 is 0 Å². The number of benzene rings is 2. The van der Waals surface area contributed by atoms with Gasteiger partial charge in [-0.2, -0.15) is 0 Å². The molecule has 22 heavy (non-hydrogen) atoms. The molecule has 0 spiro atoms. The molecule has 3 rings (SSSR count). The Morgan fingerprint density at radius 1 is 1.09 bits per heavy atom. The molecule has 6 heteroatoms. The molecule has 0 fully saturated rings. The van der Waals surface area contributed by atoms with E-state index in [1.165, 1.54) is 12.1 Å². The smallest absolute Gasteiger partial charge is 0.185 e. The molecule has 3 aromatic rings. The third-order valence-corrected chi connectivity index (χ3v) is 5.24. The first-order chi connectivity index (χ1) is 10.5. The minimum absolute atomic E-state index is 0.126. The molecule has 2 aromatic carbocycles. The molecule has 0 saturated carbocycles. The van der Waals surface area contributed by atoms with Crippen molar-refractivity contribution >= 4 is 26.6 Å². The maximum absolute atomic E-state index is 12.6. The number of rotatable bonds is 4. The van der Waals surface area contributed by atoms with Gasteiger partial charge in [0.25, 0.3) is 0 Å². The van der Waals surface area contributed by atoms with Gasteiger partial charge < -0.3 is 10.3 Å². The lowest BCUT2D eigenvalue weighted by atomic mass is 10.3. The van der Waals surface area contributed by atoms with Crippen LogP contribution in [0.2, 0.25) is 0 Å². The Morgan fingerprint density at radius 3 is 2.45 bits per heavy atom. The number of sulfone groups is 1. The Labute approximate surface area is 129 Å². The van der Waals surface area contributed by atoms with Crippen LogP contribution >= 0.6 is 0 Å². The lowest BCUT2D eigenvalue weighted by Crippen LogP contribution is -2.10. The predicted molar refractivity (Wildman–Crippen MR) is 87.2 cm³/mol. The summed E-state index contributed by atoms with van der Waals surface area (Å²) in [6.45, 7) is 2.65. The van der Waals surface area contributed by atoms with Crippen LogP contribution in [0.5, 0.6) is 0 Å². The topological polar surface area (TPSA) is 78.0 Å². The van der Waals surface area contributed by atoms with Crippen LogP contribution in [0.4, 0.5) is 5.69 Å². The standard InChI is InChI=1S/C16H17N3O2S/c1-2-19-15-6-4-3-5-14(15)18-16(19)11-22(20,21)13-9-7-12(17)8-10-13/h3-10H,2,11,17H2,1H3. The van der Waals surface area contributed by atoms with Gasteiger partial charge in [-0.3, -0.25) is 0 Å². The molecule has 0 radical (unpaired) electrons. The lowest BCUT2D eigenvalue weighted by Gasteiger charge is -2.07. The van der Waals surface area contributed by atoms with Crippen LogP contribution in [0.3, 0.4) is 0 Å². The first-order valence-corrected chi connectivity index (χ1v) is 8.69. The van der Waals surface area contributed by atoms with Gasteiger partial charge in [-0.25, -0.2) is 13.4 Å². The number of imidazole rings is 1. The van der Waals surface area contributed by atoms with Crippen molar-refractivity contribution in [2.24, 2.45) is 0 Å². The quantitative estimate of drug-likeness (QED) is 0.751. The summed E-state index contributed by atoms with van der Waals surface area (Å²) in [7, 11) is -3.45. The van der Waals surface area contributed by atoms with Crippen molar-refractivity contribution in [1.29, 1.82) is 0 Å². The number of nitrogens with two attached hydrogens (primary N) is 1. The molecule has 0 aliphatic heterocycles. The molecule has 114 valence electrons. The summed E-state index contributed by atoms with van der Waals surface area (Å²) in [5.74, 6) is 0.430. The second-order valence-corrected chi connectivity index (χ2v) is 7.08. The van der Waals surface area contributed by atoms with Gasteiger partial charge in [0.2, 0.25) is 0 Å². The fraction of sp³-hybridized carbons (Fsp3) is 0.188. The molecule has 1 heterocycles. The Morgan fingerprint density at radius 2 is 1.77 bits per heavy atom. The SMILES string of the molecule is CCn1c(CS(=O)(=O)c2ccc(N)cc2)nc2ccccc21. The van der Waals surface area contributed by atoms with Crippen molar-refractivity contribution < 1.29 is 8.42 Å². The highest BCUT2D eigenvalue weighted by atomic mass is 32.2. The van der Waals surface area contributed by atoms with Crippen molar-refractivity contribution in [2.75, 3.05) is 5.73 Å². The van der Waals surface area contributed by atoms with Gasteiger partial charge in [-0.1, -0.05) is 12.1 Å². The van der Waals surface area contributed by atoms with Gasteiger partial charge in [0, 0.05) is 12.2 Å². The molecular formula is C16H17N3O2S. The molecule has 0 aliphatic carbocycles. The molecule has 2 N–H and O–H groups in total. The van der Waals surface area contributed by atoms with E-state index in [0.717, 1.165) is 11.0 Å². The van der Waals surface area contributed by atoms with E-state index in [2.05, 4.69) is 4.98 Å². The zero-order valence-electron chi connectivity index (χ0n) is 12.2. The van der Waals surface area contributed by atoms with Gasteiger partial charge in [0.05, 0.1) is 15.9 Å². The van der Waals surface area contributed by atoms with Crippen molar-refractivity contribution in [3.63, 3.8) is 0 Å². The van der Waals surface area contributed by atoms with Crippen LogP contribution in [-0.2, 0) is 22.1 Å². The number of aromatic nitrogens is 2. The molecular weight excluding hydrogens is 298 g/mol. The lowest BCUT2D eigenvalue weighted by molar-refractivity contribution is 0.591. The predicted octanol–water partition coefficient (Wildman–Crippen LogP) is 2.61. The van der Waals surface area contributed by atoms with Gasteiger partial charge in [0.15, 0.2) is 9.84 Å². The summed E-state index contributed by atoms with van der Waals surface area (Å²) in [4.78, 5) is 4.73. The van der Waals surface area contributed by atoms with E-state index in [9.17, 15) is 8.42 Å². The van der Waals surface area contributed by atoms with Gasteiger partial charge in [-0.15, -0.1) is 0 Å². The highest BCUT2D eigenvalue weighted by Crippen LogP contribution is 2.21. The molecule has 0 amide bonds. The number of nitrogen functional groups attached to an aromatic ring is 1. The Bertz CT molecular complexity index is 912. The van der Waals surface area contributed by atoms with Gasteiger partial charge in [-0.05, 0) is 43.3 Å². The van der Waals surface area contributed by atoms with Crippen LogP contribution in [0.1, 0.15) is 12.7 Å². The van der Waals surface area contributed by atoms with E-state index in [4.69, 9.17) is 5.73 Å². The molecule has 1 aromatic heterocycles. The van der Waals surface area contributed by atoms with Crippen LogP contribution in [-0.4, -0.2) is 18.0 Å². The summed E-state index contributed by atoms with van der Waals surface area (Å²) in [5, 5.41) is 0. The van der Waals surface area contributed by atoms with Crippen LogP contribution in [0.25, 0.3) is 11.0 Å². The Hall–Kier alpha value is -2.34. The molecule has 5 nitrogen and oxygen atoms in total. The number of hydrogen-bond acceptors (Lipinski definition) is 4. The van der Waals surface area contributed by atoms with Crippen LogP contribution in [0, 0.1) is 0 Å². The summed E-state index contributed by atoms with van der Waals surface area (Å²) in [5.41, 5.74) is 7.91. The summed E-state index contributed by atoms with van der Waals surface area (Å²) in [6, 6.07) is 13.9. The van der Waals surface area contributed by atoms with E-state index < -0.39 is 9.84 Å². The second-order valence-electron chi connectivity index (χ2n) is 5.09. The average molecular weight is 315 g/mol. The number of fused-ring (bicyclic) bond motifs is 1. The zero-order chi connectivity index (χ0) is 15.7. The Kier molecular flexibility index (Phi) is 3.62. The molecule has 0 saturated heterocycles. The van der Waals surface area contributed by atoms with Crippen molar-refractivity contribution in [3.8, 4) is 0 Å². The van der Waals surface area contributed by atoms with Crippen LogP contribution in [0.15, 0.2) is 53.4 Å². The molecule has 0 aliphatic rings. The van der Waals surface area contributed by atoms with E-state index in [1.807, 2.05) is 35.8 Å². The van der Waals surface area contributed by atoms with E-state index in [-0.39, 0.29) is 10.6 Å². The summed E-state index contributed by atoms with van der Waals surface area (Å²) >= 11 is 0. The largest absolute Gasteiger partial charge is 0.399 e. The minimum Gasteiger partial charge on any atom is -0.399 e. The van der Waals surface area contributed by atoms with Crippen molar-refractivity contribution in [2.45, 2.75) is 24.1 Å². The number of hydrogen-bond donors (Lipinski definition) is 1. The highest BCUT2D eigenvalue weighted by molar-refractivity contribution is 7.90. The number of para-hydroxylation sites is 2. The summed E-state index contributed by atoms with van der Waals surface area (Å²) < 4.78 is 27.1. The fourth-order valence-electron chi connectivity index (χ4n) is 2.52. The fourth-order valence-corrected chi connectivity index (χ4v) is 3.79. The maximum Gasteiger partial charge on any atom is 0.185 e. The van der Waals surface area contributed by atoms with Crippen molar-refractivity contribution in [3.05, 3.63) is 54.4 Å². The third-order valence-electron chi connectivity index (χ3n) is 3.61. The van der Waals surface area contributed by atoms with Gasteiger partial charge >= 0.3 is 0 Å². The first kappa shape index (κ1) is 14.6. The summed E-state index contributed by atoms with van der Waals surface area (Å²) in [6.07, 6.45) is 0. The monoisotopic (exact) mass is 315 g/mol. The molecule has 0 unspecified atom stereocenters. The van der Waals surface area contributed by atoms with E-state index in [0.29, 0.717) is 18.1 Å². The van der Waals surface area contributed by atoms with Crippen LogP contribution < -0.4 is 5.73 Å². The Balaban J connectivity index is 2.03.